The minimum Gasteiger partial charge on any atom is -0.361 e. The zero-order chi connectivity index (χ0) is 16.0. The maximum atomic E-state index is 12.7. The van der Waals surface area contributed by atoms with E-state index in [-0.39, 0.29) is 5.92 Å². The first kappa shape index (κ1) is 15.4. The van der Waals surface area contributed by atoms with Gasteiger partial charge in [-0.2, -0.15) is 0 Å². The Morgan fingerprint density at radius 3 is 2.91 bits per heavy atom. The first-order chi connectivity index (χ1) is 11.2. The Hall–Kier alpha value is -1.13. The highest BCUT2D eigenvalue weighted by Gasteiger charge is 2.38. The highest BCUT2D eigenvalue weighted by atomic mass is 32.2. The molecule has 1 atom stereocenters. The number of rotatable bonds is 2. The summed E-state index contributed by atoms with van der Waals surface area (Å²) in [6.07, 6.45) is 5.92. The molecular formula is C19H21NOS2. The van der Waals surface area contributed by atoms with Crippen LogP contribution < -0.4 is 5.32 Å². The Labute approximate surface area is 146 Å². The molecule has 1 aromatic carbocycles. The van der Waals surface area contributed by atoms with Crippen LogP contribution in [0.2, 0.25) is 0 Å². The van der Waals surface area contributed by atoms with Crippen LogP contribution in [0.3, 0.4) is 0 Å². The average Bonchev–Trinajstić information content (AvgIpc) is 3.02. The third-order valence-corrected chi connectivity index (χ3v) is 7.06. The van der Waals surface area contributed by atoms with Gasteiger partial charge in [-0.25, -0.2) is 0 Å². The van der Waals surface area contributed by atoms with Crippen molar-refractivity contribution >= 4 is 29.3 Å². The monoisotopic (exact) mass is 343 g/mol. The molecule has 0 bridgehead atoms. The molecule has 2 heterocycles. The van der Waals surface area contributed by atoms with Gasteiger partial charge in [-0.1, -0.05) is 12.1 Å². The highest BCUT2D eigenvalue weighted by Crippen LogP contribution is 2.50. The van der Waals surface area contributed by atoms with Gasteiger partial charge in [0.05, 0.1) is 0 Å². The summed E-state index contributed by atoms with van der Waals surface area (Å²) in [5.74, 6) is 1.63. The van der Waals surface area contributed by atoms with Crippen molar-refractivity contribution in [2.45, 2.75) is 43.4 Å². The molecule has 0 amide bonds. The first-order valence-electron chi connectivity index (χ1n) is 8.22. The summed E-state index contributed by atoms with van der Waals surface area (Å²) >= 11 is 3.72. The van der Waals surface area contributed by atoms with Crippen LogP contribution in [-0.4, -0.2) is 17.8 Å². The molecule has 1 N–H and O–H groups in total. The van der Waals surface area contributed by atoms with Crippen molar-refractivity contribution < 1.29 is 4.79 Å². The summed E-state index contributed by atoms with van der Waals surface area (Å²) in [5.41, 5.74) is 6.19. The average molecular weight is 344 g/mol. The number of nitrogens with one attached hydrogen (secondary N) is 1. The fraction of sp³-hybridized carbons (Fsp3) is 0.421. The molecule has 0 saturated heterocycles. The number of ketones is 1. The smallest absolute Gasteiger partial charge is 0.161 e. The number of hydrogen-bond acceptors (Lipinski definition) is 4. The molecule has 2 aliphatic heterocycles. The molecule has 4 rings (SSSR count). The van der Waals surface area contributed by atoms with Crippen LogP contribution in [0, 0.1) is 6.92 Å². The maximum absolute atomic E-state index is 12.7. The lowest BCUT2D eigenvalue weighted by Crippen LogP contribution is -2.30. The molecule has 0 spiro atoms. The summed E-state index contributed by atoms with van der Waals surface area (Å²) in [7, 11) is 0. The van der Waals surface area contributed by atoms with Gasteiger partial charge in [0.15, 0.2) is 5.78 Å². The van der Waals surface area contributed by atoms with Gasteiger partial charge in [-0.05, 0) is 49.6 Å². The van der Waals surface area contributed by atoms with Gasteiger partial charge in [0.2, 0.25) is 0 Å². The number of carbonyl (C=O) groups excluding carboxylic acids is 1. The molecule has 3 aliphatic rings. The van der Waals surface area contributed by atoms with Crippen molar-refractivity contribution in [3.63, 3.8) is 0 Å². The SMILES string of the molecule is CSc1cc(C2C3=C(CCS3)NC3=C2C(=O)CCC3)ccc1C. The Kier molecular flexibility index (Phi) is 4.06. The van der Waals surface area contributed by atoms with Crippen LogP contribution in [0.25, 0.3) is 0 Å². The lowest BCUT2D eigenvalue weighted by Gasteiger charge is -2.33. The Bertz CT molecular complexity index is 748. The Morgan fingerprint density at radius 2 is 2.09 bits per heavy atom. The van der Waals surface area contributed by atoms with E-state index >= 15 is 0 Å². The van der Waals surface area contributed by atoms with E-state index in [1.165, 1.54) is 32.3 Å². The number of aryl methyl sites for hydroxylation is 1. The molecular weight excluding hydrogens is 322 g/mol. The van der Waals surface area contributed by atoms with E-state index in [4.69, 9.17) is 0 Å². The van der Waals surface area contributed by atoms with Crippen LogP contribution in [0.5, 0.6) is 0 Å². The molecule has 120 valence electrons. The predicted octanol–water partition coefficient (Wildman–Crippen LogP) is 4.76. The minimum absolute atomic E-state index is 0.160. The second kappa shape index (κ2) is 6.06. The number of hydrogen-bond donors (Lipinski definition) is 1. The standard InChI is InChI=1S/C19H21NOS2/c1-11-6-7-12(10-16(11)22-2)17-18-13(4-3-5-15(18)21)20-14-8-9-23-19(14)17/h6-7,10,17,20H,3-5,8-9H2,1-2H3. The van der Waals surface area contributed by atoms with Gasteiger partial charge in [0, 0.05) is 44.9 Å². The van der Waals surface area contributed by atoms with Crippen molar-refractivity contribution in [1.29, 1.82) is 0 Å². The second-order valence-electron chi connectivity index (χ2n) is 6.40. The number of thioether (sulfide) groups is 2. The number of allylic oxidation sites excluding steroid dienone is 4. The molecule has 1 aliphatic carbocycles. The van der Waals surface area contributed by atoms with E-state index in [9.17, 15) is 4.79 Å². The quantitative estimate of drug-likeness (QED) is 0.784. The Balaban J connectivity index is 1.86. The zero-order valence-electron chi connectivity index (χ0n) is 13.6. The van der Waals surface area contributed by atoms with E-state index in [0.717, 1.165) is 30.6 Å². The largest absolute Gasteiger partial charge is 0.361 e. The van der Waals surface area contributed by atoms with Crippen LogP contribution in [0.15, 0.2) is 45.0 Å². The van der Waals surface area contributed by atoms with E-state index < -0.39 is 0 Å². The second-order valence-corrected chi connectivity index (χ2v) is 8.38. The number of Topliss-reactive ketones (excluding diaryl/α,β-unsaturated/α-hetero) is 1. The fourth-order valence-electron chi connectivity index (χ4n) is 3.83. The lowest BCUT2D eigenvalue weighted by molar-refractivity contribution is -0.116. The number of benzene rings is 1. The number of carbonyl (C=O) groups is 1. The fourth-order valence-corrected chi connectivity index (χ4v) is 5.75. The molecule has 0 fully saturated rings. The topological polar surface area (TPSA) is 29.1 Å². The molecule has 2 nitrogen and oxygen atoms in total. The zero-order valence-corrected chi connectivity index (χ0v) is 15.2. The number of dihydropyridines is 1. The molecule has 1 aromatic rings. The Morgan fingerprint density at radius 1 is 1.22 bits per heavy atom. The van der Waals surface area contributed by atoms with Gasteiger partial charge in [0.25, 0.3) is 0 Å². The molecule has 0 saturated carbocycles. The van der Waals surface area contributed by atoms with Crippen molar-refractivity contribution in [3.8, 4) is 0 Å². The van der Waals surface area contributed by atoms with E-state index in [1.54, 1.807) is 11.8 Å². The maximum Gasteiger partial charge on any atom is 0.161 e. The summed E-state index contributed by atoms with van der Waals surface area (Å²) in [6, 6.07) is 6.73. The summed E-state index contributed by atoms with van der Waals surface area (Å²) in [6.45, 7) is 2.16. The van der Waals surface area contributed by atoms with Crippen molar-refractivity contribution in [2.75, 3.05) is 12.0 Å². The van der Waals surface area contributed by atoms with Crippen LogP contribution >= 0.6 is 23.5 Å². The van der Waals surface area contributed by atoms with E-state index in [0.29, 0.717) is 12.2 Å². The van der Waals surface area contributed by atoms with Gasteiger partial charge >= 0.3 is 0 Å². The predicted molar refractivity (Wildman–Crippen MR) is 98.8 cm³/mol. The van der Waals surface area contributed by atoms with E-state index in [1.807, 2.05) is 11.8 Å². The van der Waals surface area contributed by atoms with Gasteiger partial charge in [-0.3, -0.25) is 4.79 Å². The van der Waals surface area contributed by atoms with Crippen molar-refractivity contribution in [2.24, 2.45) is 0 Å². The lowest BCUT2D eigenvalue weighted by atomic mass is 9.79. The summed E-state index contributed by atoms with van der Waals surface area (Å²) in [4.78, 5) is 15.4. The van der Waals surface area contributed by atoms with Crippen LogP contribution in [0.4, 0.5) is 0 Å². The molecule has 23 heavy (non-hydrogen) atoms. The molecule has 4 heteroatoms. The van der Waals surface area contributed by atoms with Crippen LogP contribution in [0.1, 0.15) is 42.7 Å². The van der Waals surface area contributed by atoms with Crippen molar-refractivity contribution in [3.05, 3.63) is 51.2 Å². The van der Waals surface area contributed by atoms with E-state index in [2.05, 4.69) is 36.7 Å². The molecule has 0 aromatic heterocycles. The highest BCUT2D eigenvalue weighted by molar-refractivity contribution is 8.03. The van der Waals surface area contributed by atoms with Gasteiger partial charge in [0.1, 0.15) is 0 Å². The van der Waals surface area contributed by atoms with Gasteiger partial charge in [-0.15, -0.1) is 23.5 Å². The third-order valence-electron chi connectivity index (χ3n) is 4.98. The molecule has 1 unspecified atom stereocenters. The first-order valence-corrected chi connectivity index (χ1v) is 10.4. The normalized spacial score (nSPS) is 23.7. The summed E-state index contributed by atoms with van der Waals surface area (Å²) in [5, 5.41) is 3.60. The van der Waals surface area contributed by atoms with Gasteiger partial charge < -0.3 is 5.32 Å². The third kappa shape index (κ3) is 2.56. The summed E-state index contributed by atoms with van der Waals surface area (Å²) < 4.78 is 0. The van der Waals surface area contributed by atoms with Crippen molar-refractivity contribution in [1.82, 2.24) is 5.32 Å². The molecule has 0 radical (unpaired) electrons. The minimum atomic E-state index is 0.160. The van der Waals surface area contributed by atoms with Crippen LogP contribution in [-0.2, 0) is 4.79 Å².